The fourth-order valence-electron chi connectivity index (χ4n) is 3.55. The Kier molecular flexibility index (Phi) is 7.31. The Morgan fingerprint density at radius 1 is 0.893 bits per heavy atom. The molecule has 0 aliphatic heterocycles. The molecule has 0 bridgehead atoms. The van der Waals surface area contributed by atoms with Crippen LogP contribution in [0.4, 0.5) is 0 Å². The van der Waals surface area contributed by atoms with Crippen LogP contribution in [0.2, 0.25) is 0 Å². The second kappa shape index (κ2) is 10.1. The van der Waals surface area contributed by atoms with Crippen LogP contribution >= 0.6 is 0 Å². The zero-order valence-corrected chi connectivity index (χ0v) is 16.7. The lowest BCUT2D eigenvalue weighted by Gasteiger charge is -2.13. The Hall–Kier alpha value is -2.53. The summed E-state index contributed by atoms with van der Waals surface area (Å²) in [6.45, 7) is 3.60. The van der Waals surface area contributed by atoms with Crippen LogP contribution in [0.25, 0.3) is 11.0 Å². The Morgan fingerprint density at radius 3 is 2.25 bits per heavy atom. The van der Waals surface area contributed by atoms with Crippen molar-refractivity contribution in [1.29, 1.82) is 5.41 Å². The van der Waals surface area contributed by atoms with Crippen molar-refractivity contribution in [2.24, 2.45) is 0 Å². The van der Waals surface area contributed by atoms with Gasteiger partial charge >= 0.3 is 0 Å². The lowest BCUT2D eigenvalue weighted by Crippen LogP contribution is -2.31. The number of aliphatic hydroxyl groups is 1. The molecule has 3 aromatic rings. The molecule has 1 heterocycles. The summed E-state index contributed by atoms with van der Waals surface area (Å²) in [5, 5.41) is 19.1. The number of aliphatic hydroxyl groups excluding tert-OH is 1. The number of imidazole rings is 1. The fraction of sp³-hybridized carbons (Fsp3) is 0.435. The first-order chi connectivity index (χ1) is 13.7. The Balaban J connectivity index is 1.70. The largest absolute Gasteiger partial charge is 0.491 e. The molecule has 1 atom stereocenters. The Bertz CT molecular complexity index is 914. The summed E-state index contributed by atoms with van der Waals surface area (Å²) < 4.78 is 9.62. The van der Waals surface area contributed by atoms with E-state index in [9.17, 15) is 5.11 Å². The number of nitrogens with one attached hydrogen (secondary N) is 1. The Morgan fingerprint density at radius 2 is 1.54 bits per heavy atom. The summed E-state index contributed by atoms with van der Waals surface area (Å²) in [4.78, 5) is 0. The van der Waals surface area contributed by atoms with Crippen LogP contribution in [0.1, 0.15) is 39.0 Å². The summed E-state index contributed by atoms with van der Waals surface area (Å²) in [5.41, 5.74) is 2.48. The average molecular weight is 382 g/mol. The fourth-order valence-corrected chi connectivity index (χ4v) is 3.55. The standard InChI is InChI=1S/C23H31N3O2/c1-2-3-4-5-11-16-25-21-14-9-10-15-22(21)26(23(25)24)17-19(27)18-28-20-12-7-6-8-13-20/h6-10,12-15,19,24,27H,2-5,11,16-18H2,1H3/t19-/m0/s1. The van der Waals surface area contributed by atoms with E-state index in [1.54, 1.807) is 0 Å². The van der Waals surface area contributed by atoms with Crippen LogP contribution in [0.15, 0.2) is 54.6 Å². The molecule has 0 unspecified atom stereocenters. The predicted molar refractivity (Wildman–Crippen MR) is 112 cm³/mol. The van der Waals surface area contributed by atoms with Crippen molar-refractivity contribution >= 4 is 11.0 Å². The number of nitrogens with zero attached hydrogens (tertiary/aromatic N) is 2. The molecule has 3 rings (SSSR count). The number of para-hydroxylation sites is 3. The smallest absolute Gasteiger partial charge is 0.203 e. The molecule has 2 N–H and O–H groups in total. The second-order valence-electron chi connectivity index (χ2n) is 7.27. The van der Waals surface area contributed by atoms with E-state index in [1.807, 2.05) is 53.1 Å². The summed E-state index contributed by atoms with van der Waals surface area (Å²) >= 11 is 0. The number of ether oxygens (including phenoxy) is 1. The monoisotopic (exact) mass is 381 g/mol. The van der Waals surface area contributed by atoms with Crippen LogP contribution < -0.4 is 10.4 Å². The van der Waals surface area contributed by atoms with Crippen LogP contribution in [0.5, 0.6) is 5.75 Å². The quantitative estimate of drug-likeness (QED) is 0.486. The van der Waals surface area contributed by atoms with Crippen molar-refractivity contribution in [2.45, 2.75) is 58.2 Å². The maximum atomic E-state index is 10.5. The number of fused-ring (bicyclic) bond motifs is 1. The molecule has 0 aliphatic carbocycles. The van der Waals surface area contributed by atoms with Gasteiger partial charge in [0.25, 0.3) is 0 Å². The normalized spacial score (nSPS) is 12.4. The zero-order chi connectivity index (χ0) is 19.8. The number of aromatic nitrogens is 2. The van der Waals surface area contributed by atoms with Crippen LogP contribution in [-0.4, -0.2) is 27.0 Å². The van der Waals surface area contributed by atoms with Crippen molar-refractivity contribution in [3.05, 3.63) is 60.2 Å². The van der Waals surface area contributed by atoms with Crippen molar-refractivity contribution in [2.75, 3.05) is 6.61 Å². The highest BCUT2D eigenvalue weighted by Crippen LogP contribution is 2.15. The summed E-state index contributed by atoms with van der Waals surface area (Å²) in [6.07, 6.45) is 5.33. The van der Waals surface area contributed by atoms with E-state index in [0.29, 0.717) is 12.2 Å². The number of benzene rings is 2. The first-order valence-electron chi connectivity index (χ1n) is 10.3. The lowest BCUT2D eigenvalue weighted by molar-refractivity contribution is 0.0921. The van der Waals surface area contributed by atoms with Gasteiger partial charge in [0, 0.05) is 6.54 Å². The van der Waals surface area contributed by atoms with E-state index < -0.39 is 6.10 Å². The van der Waals surface area contributed by atoms with Gasteiger partial charge in [0.2, 0.25) is 5.62 Å². The van der Waals surface area contributed by atoms with Gasteiger partial charge in [-0.05, 0) is 30.7 Å². The number of hydrogen-bond donors (Lipinski definition) is 2. The average Bonchev–Trinajstić information content (AvgIpc) is 2.99. The number of aryl methyl sites for hydroxylation is 1. The van der Waals surface area contributed by atoms with E-state index >= 15 is 0 Å². The first-order valence-corrected chi connectivity index (χ1v) is 10.3. The highest BCUT2D eigenvalue weighted by Gasteiger charge is 2.14. The molecule has 0 saturated heterocycles. The van der Waals surface area contributed by atoms with E-state index in [-0.39, 0.29) is 6.61 Å². The molecule has 0 spiro atoms. The van der Waals surface area contributed by atoms with Gasteiger partial charge in [-0.25, -0.2) is 0 Å². The molecule has 28 heavy (non-hydrogen) atoms. The van der Waals surface area contributed by atoms with Gasteiger partial charge in [0.15, 0.2) is 0 Å². The maximum Gasteiger partial charge on any atom is 0.203 e. The molecule has 2 aromatic carbocycles. The van der Waals surface area contributed by atoms with Gasteiger partial charge in [0.05, 0.1) is 17.6 Å². The van der Waals surface area contributed by atoms with E-state index in [0.717, 1.165) is 29.7 Å². The van der Waals surface area contributed by atoms with Crippen molar-refractivity contribution < 1.29 is 9.84 Å². The number of hydrogen-bond acceptors (Lipinski definition) is 3. The highest BCUT2D eigenvalue weighted by atomic mass is 16.5. The number of rotatable bonds is 11. The molecule has 0 fully saturated rings. The minimum Gasteiger partial charge on any atom is -0.491 e. The third-order valence-corrected chi connectivity index (χ3v) is 5.04. The molecule has 0 saturated carbocycles. The molecule has 5 nitrogen and oxygen atoms in total. The molecular formula is C23H31N3O2. The first kappa shape index (κ1) is 20.2. The van der Waals surface area contributed by atoms with Gasteiger partial charge in [-0.3, -0.25) is 5.41 Å². The molecule has 0 radical (unpaired) electrons. The van der Waals surface area contributed by atoms with Crippen molar-refractivity contribution in [3.63, 3.8) is 0 Å². The molecular weight excluding hydrogens is 350 g/mol. The van der Waals surface area contributed by atoms with Crippen LogP contribution in [-0.2, 0) is 13.1 Å². The van der Waals surface area contributed by atoms with E-state index in [4.69, 9.17) is 10.1 Å². The van der Waals surface area contributed by atoms with E-state index in [2.05, 4.69) is 17.6 Å². The van der Waals surface area contributed by atoms with Crippen LogP contribution in [0, 0.1) is 5.41 Å². The maximum absolute atomic E-state index is 10.5. The van der Waals surface area contributed by atoms with Crippen LogP contribution in [0.3, 0.4) is 0 Å². The predicted octanol–water partition coefficient (Wildman–Crippen LogP) is 4.33. The van der Waals surface area contributed by atoms with Gasteiger partial charge in [-0.1, -0.05) is 62.9 Å². The third-order valence-electron chi connectivity index (χ3n) is 5.04. The number of unbranched alkanes of at least 4 members (excludes halogenated alkanes) is 4. The van der Waals surface area contributed by atoms with Gasteiger partial charge in [0.1, 0.15) is 18.5 Å². The van der Waals surface area contributed by atoms with Crippen molar-refractivity contribution in [3.8, 4) is 5.75 Å². The minimum absolute atomic E-state index is 0.201. The zero-order valence-electron chi connectivity index (χ0n) is 16.7. The van der Waals surface area contributed by atoms with E-state index in [1.165, 1.54) is 25.7 Å². The lowest BCUT2D eigenvalue weighted by atomic mass is 10.1. The summed E-state index contributed by atoms with van der Waals surface area (Å²) in [6, 6.07) is 17.6. The van der Waals surface area contributed by atoms with Gasteiger partial charge in [-0.15, -0.1) is 0 Å². The second-order valence-corrected chi connectivity index (χ2v) is 7.27. The Labute approximate surface area is 166 Å². The molecule has 0 amide bonds. The summed E-state index contributed by atoms with van der Waals surface area (Å²) in [5.74, 6) is 0.743. The topological polar surface area (TPSA) is 63.2 Å². The third kappa shape index (κ3) is 5.04. The highest BCUT2D eigenvalue weighted by molar-refractivity contribution is 5.75. The minimum atomic E-state index is -0.682. The SMILES string of the molecule is CCCCCCCn1c(=N)n(C[C@H](O)COc2ccccc2)c2ccccc21. The molecule has 150 valence electrons. The molecule has 1 aromatic heterocycles. The van der Waals surface area contributed by atoms with Gasteiger partial charge in [-0.2, -0.15) is 0 Å². The van der Waals surface area contributed by atoms with Gasteiger partial charge < -0.3 is 19.0 Å². The molecule has 0 aliphatic rings. The summed E-state index contributed by atoms with van der Waals surface area (Å²) in [7, 11) is 0. The van der Waals surface area contributed by atoms with Crippen molar-refractivity contribution in [1.82, 2.24) is 9.13 Å². The molecule has 5 heteroatoms.